The molecule has 0 aliphatic rings. The molecule has 0 spiro atoms. The lowest BCUT2D eigenvalue weighted by Crippen LogP contribution is -2.14. The summed E-state index contributed by atoms with van der Waals surface area (Å²) in [6.45, 7) is 9.00. The molecule has 0 unspecified atom stereocenters. The number of hydrogen-bond donors (Lipinski definition) is 1. The maximum absolute atomic E-state index is 6.19. The fourth-order valence-electron chi connectivity index (χ4n) is 2.23. The topological polar surface area (TPSA) is 35.2 Å². The summed E-state index contributed by atoms with van der Waals surface area (Å²) in [6.07, 6.45) is 0. The van der Waals surface area contributed by atoms with Crippen LogP contribution in [0.15, 0.2) is 36.4 Å². The Bertz CT molecular complexity index is 624. The monoisotopic (exact) mass is 303 g/mol. The van der Waals surface area contributed by atoms with Crippen LogP contribution in [0.3, 0.4) is 0 Å². The number of rotatable bonds is 3. The Kier molecular flexibility index (Phi) is 4.48. The highest BCUT2D eigenvalue weighted by molar-refractivity contribution is 6.31. The van der Waals surface area contributed by atoms with E-state index in [0.717, 1.165) is 11.3 Å². The molecule has 0 saturated carbocycles. The molecule has 0 saturated heterocycles. The normalized spacial score (nSPS) is 11.5. The van der Waals surface area contributed by atoms with E-state index in [-0.39, 0.29) is 5.41 Å². The number of benzene rings is 2. The fraction of sp³-hybridized carbons (Fsp3) is 0.333. The molecule has 2 nitrogen and oxygen atoms in total. The van der Waals surface area contributed by atoms with Crippen molar-refractivity contribution in [3.8, 4) is 5.75 Å². The summed E-state index contributed by atoms with van der Waals surface area (Å²) in [7, 11) is 0. The van der Waals surface area contributed by atoms with E-state index >= 15 is 0 Å². The second kappa shape index (κ2) is 5.98. The molecule has 112 valence electrons. The summed E-state index contributed by atoms with van der Waals surface area (Å²) >= 11 is 6.19. The molecular formula is C18H22ClNO. The number of anilines is 1. The van der Waals surface area contributed by atoms with Crippen LogP contribution in [0, 0.1) is 6.92 Å². The van der Waals surface area contributed by atoms with Crippen LogP contribution in [0.5, 0.6) is 5.75 Å². The van der Waals surface area contributed by atoms with Gasteiger partial charge in [0.05, 0.1) is 0 Å². The molecule has 3 heteroatoms. The van der Waals surface area contributed by atoms with Crippen molar-refractivity contribution in [2.75, 3.05) is 5.73 Å². The first-order chi connectivity index (χ1) is 9.79. The van der Waals surface area contributed by atoms with Gasteiger partial charge >= 0.3 is 0 Å². The van der Waals surface area contributed by atoms with Gasteiger partial charge in [-0.05, 0) is 36.1 Å². The van der Waals surface area contributed by atoms with Gasteiger partial charge in [0.2, 0.25) is 0 Å². The lowest BCUT2D eigenvalue weighted by atomic mass is 9.85. The standard InChI is InChI=1S/C18H22ClNO/c1-12-8-9-17(14(10-12)18(2,3)4)21-11-13-15(19)6-5-7-16(13)20/h5-10H,11,20H2,1-4H3. The van der Waals surface area contributed by atoms with E-state index in [1.165, 1.54) is 11.1 Å². The van der Waals surface area contributed by atoms with Crippen molar-refractivity contribution in [1.82, 2.24) is 0 Å². The molecule has 0 aromatic heterocycles. The number of aryl methyl sites for hydroxylation is 1. The van der Waals surface area contributed by atoms with Crippen molar-refractivity contribution in [2.24, 2.45) is 0 Å². The molecule has 0 fully saturated rings. The largest absolute Gasteiger partial charge is 0.488 e. The Hall–Kier alpha value is -1.67. The first-order valence-electron chi connectivity index (χ1n) is 7.06. The number of ether oxygens (including phenoxy) is 1. The Morgan fingerprint density at radius 3 is 2.48 bits per heavy atom. The number of hydrogen-bond acceptors (Lipinski definition) is 2. The highest BCUT2D eigenvalue weighted by atomic mass is 35.5. The molecule has 2 aromatic rings. The van der Waals surface area contributed by atoms with Crippen molar-refractivity contribution < 1.29 is 4.74 Å². The van der Waals surface area contributed by atoms with Gasteiger partial charge in [-0.1, -0.05) is 56.1 Å². The van der Waals surface area contributed by atoms with Gasteiger partial charge in [0.25, 0.3) is 0 Å². The van der Waals surface area contributed by atoms with E-state index in [1.54, 1.807) is 0 Å². The van der Waals surface area contributed by atoms with Crippen LogP contribution in [0.1, 0.15) is 37.5 Å². The van der Waals surface area contributed by atoms with Crippen molar-refractivity contribution in [3.63, 3.8) is 0 Å². The molecule has 2 N–H and O–H groups in total. The second-order valence-corrected chi connectivity index (χ2v) is 6.75. The summed E-state index contributed by atoms with van der Waals surface area (Å²) in [5.74, 6) is 0.882. The number of halogens is 1. The van der Waals surface area contributed by atoms with E-state index in [4.69, 9.17) is 22.1 Å². The Balaban J connectivity index is 2.29. The van der Waals surface area contributed by atoms with E-state index in [0.29, 0.717) is 17.3 Å². The Morgan fingerprint density at radius 1 is 1.14 bits per heavy atom. The molecule has 0 bridgehead atoms. The highest BCUT2D eigenvalue weighted by Crippen LogP contribution is 2.33. The van der Waals surface area contributed by atoms with Crippen LogP contribution < -0.4 is 10.5 Å². The van der Waals surface area contributed by atoms with Gasteiger partial charge in [-0.2, -0.15) is 0 Å². The van der Waals surface area contributed by atoms with Gasteiger partial charge in [-0.3, -0.25) is 0 Å². The summed E-state index contributed by atoms with van der Waals surface area (Å²) < 4.78 is 6.00. The zero-order valence-corrected chi connectivity index (χ0v) is 13.8. The molecule has 0 radical (unpaired) electrons. The zero-order valence-electron chi connectivity index (χ0n) is 13.0. The van der Waals surface area contributed by atoms with Gasteiger partial charge < -0.3 is 10.5 Å². The second-order valence-electron chi connectivity index (χ2n) is 6.35. The smallest absolute Gasteiger partial charge is 0.123 e. The van der Waals surface area contributed by atoms with Crippen LogP contribution in [0.25, 0.3) is 0 Å². The number of nitrogen functional groups attached to an aromatic ring is 1. The number of nitrogens with two attached hydrogens (primary N) is 1. The third-order valence-electron chi connectivity index (χ3n) is 3.47. The molecule has 2 aromatic carbocycles. The lowest BCUT2D eigenvalue weighted by Gasteiger charge is -2.23. The van der Waals surface area contributed by atoms with Crippen molar-refractivity contribution >= 4 is 17.3 Å². The van der Waals surface area contributed by atoms with Gasteiger partial charge in [0.15, 0.2) is 0 Å². The average Bonchev–Trinajstić information content (AvgIpc) is 2.38. The van der Waals surface area contributed by atoms with Gasteiger partial charge in [-0.25, -0.2) is 0 Å². The first-order valence-corrected chi connectivity index (χ1v) is 7.43. The SMILES string of the molecule is Cc1ccc(OCc2c(N)cccc2Cl)c(C(C)(C)C)c1. The van der Waals surface area contributed by atoms with Crippen LogP contribution in [0.2, 0.25) is 5.02 Å². The molecule has 21 heavy (non-hydrogen) atoms. The molecule has 2 rings (SSSR count). The molecule has 0 aliphatic heterocycles. The summed E-state index contributed by atoms with van der Waals surface area (Å²) in [6, 6.07) is 11.8. The summed E-state index contributed by atoms with van der Waals surface area (Å²) in [5.41, 5.74) is 9.90. The van der Waals surface area contributed by atoms with Crippen molar-refractivity contribution in [3.05, 3.63) is 58.1 Å². The van der Waals surface area contributed by atoms with Crippen LogP contribution in [0.4, 0.5) is 5.69 Å². The Labute approximate surface area is 131 Å². The third kappa shape index (κ3) is 3.70. The molecule has 0 amide bonds. The quantitative estimate of drug-likeness (QED) is 0.800. The maximum Gasteiger partial charge on any atom is 0.123 e. The minimum Gasteiger partial charge on any atom is -0.488 e. The van der Waals surface area contributed by atoms with E-state index in [1.807, 2.05) is 24.3 Å². The summed E-state index contributed by atoms with van der Waals surface area (Å²) in [5, 5.41) is 0.638. The van der Waals surface area contributed by atoms with Gasteiger partial charge in [0, 0.05) is 16.3 Å². The molecule has 0 heterocycles. The lowest BCUT2D eigenvalue weighted by molar-refractivity contribution is 0.298. The molecular weight excluding hydrogens is 282 g/mol. The molecule has 0 atom stereocenters. The van der Waals surface area contributed by atoms with Crippen molar-refractivity contribution in [1.29, 1.82) is 0 Å². The fourth-order valence-corrected chi connectivity index (χ4v) is 2.47. The van der Waals surface area contributed by atoms with Gasteiger partial charge in [0.1, 0.15) is 12.4 Å². The van der Waals surface area contributed by atoms with Crippen molar-refractivity contribution in [2.45, 2.75) is 39.7 Å². The van der Waals surface area contributed by atoms with E-state index in [9.17, 15) is 0 Å². The predicted molar refractivity (Wildman–Crippen MR) is 90.1 cm³/mol. The van der Waals surface area contributed by atoms with E-state index < -0.39 is 0 Å². The molecule has 0 aliphatic carbocycles. The van der Waals surface area contributed by atoms with Crippen LogP contribution in [-0.2, 0) is 12.0 Å². The predicted octanol–water partition coefficient (Wildman–Crippen LogP) is 5.11. The average molecular weight is 304 g/mol. The minimum atomic E-state index is 0.0212. The Morgan fingerprint density at radius 2 is 1.86 bits per heavy atom. The van der Waals surface area contributed by atoms with Crippen LogP contribution in [-0.4, -0.2) is 0 Å². The maximum atomic E-state index is 6.19. The minimum absolute atomic E-state index is 0.0212. The van der Waals surface area contributed by atoms with E-state index in [2.05, 4.69) is 39.8 Å². The van der Waals surface area contributed by atoms with Gasteiger partial charge in [-0.15, -0.1) is 0 Å². The first kappa shape index (κ1) is 15.7. The zero-order chi connectivity index (χ0) is 15.6. The van der Waals surface area contributed by atoms with Crippen LogP contribution >= 0.6 is 11.6 Å². The highest BCUT2D eigenvalue weighted by Gasteiger charge is 2.19. The summed E-state index contributed by atoms with van der Waals surface area (Å²) in [4.78, 5) is 0. The third-order valence-corrected chi connectivity index (χ3v) is 3.82.